The molecular formula is C28H19NO5. The van der Waals surface area contributed by atoms with Crippen molar-refractivity contribution in [1.29, 1.82) is 0 Å². The number of rotatable bonds is 2. The zero-order valence-electron chi connectivity index (χ0n) is 18.3. The molecule has 0 spiro atoms. The van der Waals surface area contributed by atoms with E-state index in [0.29, 0.717) is 27.8 Å². The molecular weight excluding hydrogens is 430 g/mol. The molecule has 6 heteroatoms. The van der Waals surface area contributed by atoms with Crippen LogP contribution in [0.5, 0.6) is 5.75 Å². The van der Waals surface area contributed by atoms with Gasteiger partial charge in [-0.1, -0.05) is 48.5 Å². The molecule has 0 fully saturated rings. The van der Waals surface area contributed by atoms with Gasteiger partial charge in [-0.2, -0.15) is 0 Å². The molecule has 1 N–H and O–H groups in total. The number of pyridine rings is 1. The zero-order valence-corrected chi connectivity index (χ0v) is 18.3. The van der Waals surface area contributed by atoms with Crippen molar-refractivity contribution in [2.45, 2.75) is 19.3 Å². The smallest absolute Gasteiger partial charge is 0.336 e. The molecule has 0 saturated heterocycles. The van der Waals surface area contributed by atoms with Gasteiger partial charge in [-0.3, -0.25) is 9.59 Å². The van der Waals surface area contributed by atoms with Crippen LogP contribution in [-0.2, 0) is 4.79 Å². The number of hydrogen-bond donors (Lipinski definition) is 1. The molecule has 0 amide bonds. The molecule has 1 aliphatic heterocycles. The van der Waals surface area contributed by atoms with Crippen LogP contribution in [0.1, 0.15) is 29.0 Å². The minimum absolute atomic E-state index is 0.0399. The lowest BCUT2D eigenvalue weighted by atomic mass is 9.82. The van der Waals surface area contributed by atoms with Crippen LogP contribution in [0.15, 0.2) is 86.8 Å². The predicted octanol–water partition coefficient (Wildman–Crippen LogP) is 5.05. The third kappa shape index (κ3) is 3.15. The lowest BCUT2D eigenvalue weighted by Crippen LogP contribution is -2.26. The standard InChI is InChI=1S/C28H19NO5/c1-15-11-22-26(18(13-23(30)33-22)16-7-3-2-4-8-16)27-25(15)19(14-24(31)34-27)20-12-17-9-5-6-10-21(17)29-28(20)32/h2-13,19H,14H2,1H3,(H,29,32)/t19-/m0/s1. The largest absolute Gasteiger partial charge is 0.425 e. The Balaban J connectivity index is 1.68. The summed E-state index contributed by atoms with van der Waals surface area (Å²) in [4.78, 5) is 41.2. The van der Waals surface area contributed by atoms with E-state index in [2.05, 4.69) is 4.98 Å². The van der Waals surface area contributed by atoms with Crippen LogP contribution in [-0.4, -0.2) is 11.0 Å². The average molecular weight is 449 g/mol. The van der Waals surface area contributed by atoms with Gasteiger partial charge in [0, 0.05) is 34.2 Å². The summed E-state index contributed by atoms with van der Waals surface area (Å²) < 4.78 is 11.3. The Hall–Kier alpha value is -4.45. The highest BCUT2D eigenvalue weighted by Gasteiger charge is 2.34. The number of benzene rings is 3. The fraction of sp³-hybridized carbons (Fsp3) is 0.107. The third-order valence-electron chi connectivity index (χ3n) is 6.41. The van der Waals surface area contributed by atoms with Crippen LogP contribution in [0.3, 0.4) is 0 Å². The van der Waals surface area contributed by atoms with Crippen molar-refractivity contribution >= 4 is 27.8 Å². The van der Waals surface area contributed by atoms with E-state index in [1.807, 2.05) is 67.6 Å². The monoisotopic (exact) mass is 449 g/mol. The van der Waals surface area contributed by atoms with Crippen LogP contribution in [0.25, 0.3) is 33.0 Å². The SMILES string of the molecule is Cc1cc2oc(=O)cc(-c3ccccc3)c2c2c1[C@H](c1cc3ccccc3[nH]c1=O)CC(=O)O2. The first-order valence-electron chi connectivity index (χ1n) is 11.0. The summed E-state index contributed by atoms with van der Waals surface area (Å²) in [6.45, 7) is 1.87. The molecule has 0 radical (unpaired) electrons. The van der Waals surface area contributed by atoms with Crippen LogP contribution in [0.4, 0.5) is 0 Å². The van der Waals surface area contributed by atoms with Gasteiger partial charge in [-0.25, -0.2) is 4.79 Å². The predicted molar refractivity (Wildman–Crippen MR) is 129 cm³/mol. The molecule has 0 saturated carbocycles. The Bertz CT molecular complexity index is 1730. The fourth-order valence-electron chi connectivity index (χ4n) is 4.93. The zero-order chi connectivity index (χ0) is 23.4. The number of aryl methyl sites for hydroxylation is 1. The molecule has 6 rings (SSSR count). The van der Waals surface area contributed by atoms with E-state index >= 15 is 0 Å². The van der Waals surface area contributed by atoms with E-state index in [1.165, 1.54) is 6.07 Å². The molecule has 0 aliphatic carbocycles. The average Bonchev–Trinajstić information content (AvgIpc) is 2.83. The Morgan fingerprint density at radius 2 is 1.68 bits per heavy atom. The topological polar surface area (TPSA) is 89.4 Å². The molecule has 3 heterocycles. The first kappa shape index (κ1) is 20.2. The first-order chi connectivity index (χ1) is 16.5. The molecule has 6 nitrogen and oxygen atoms in total. The number of para-hydroxylation sites is 1. The van der Waals surface area contributed by atoms with E-state index in [4.69, 9.17) is 9.15 Å². The summed E-state index contributed by atoms with van der Waals surface area (Å²) in [5, 5.41) is 1.42. The number of ether oxygens (including phenoxy) is 1. The molecule has 5 aromatic rings. The number of H-pyrrole nitrogens is 1. The van der Waals surface area contributed by atoms with Gasteiger partial charge in [0.25, 0.3) is 5.56 Å². The van der Waals surface area contributed by atoms with Gasteiger partial charge >= 0.3 is 11.6 Å². The van der Waals surface area contributed by atoms with Crippen molar-refractivity contribution in [1.82, 2.24) is 4.98 Å². The molecule has 34 heavy (non-hydrogen) atoms. The number of carbonyl (C=O) groups is 1. The molecule has 2 aromatic heterocycles. The second-order valence-corrected chi connectivity index (χ2v) is 8.53. The van der Waals surface area contributed by atoms with E-state index in [-0.39, 0.29) is 12.0 Å². The van der Waals surface area contributed by atoms with E-state index in [1.54, 1.807) is 6.07 Å². The Morgan fingerprint density at radius 1 is 0.912 bits per heavy atom. The highest BCUT2D eigenvalue weighted by atomic mass is 16.5. The lowest BCUT2D eigenvalue weighted by Gasteiger charge is -2.28. The summed E-state index contributed by atoms with van der Waals surface area (Å²) in [7, 11) is 0. The maximum atomic E-state index is 13.1. The van der Waals surface area contributed by atoms with Gasteiger partial charge < -0.3 is 14.1 Å². The third-order valence-corrected chi connectivity index (χ3v) is 6.41. The number of nitrogens with one attached hydrogen (secondary N) is 1. The minimum Gasteiger partial charge on any atom is -0.425 e. The van der Waals surface area contributed by atoms with Gasteiger partial charge in [0.05, 0.1) is 11.8 Å². The Labute approximate surface area is 193 Å². The summed E-state index contributed by atoms with van der Waals surface area (Å²) >= 11 is 0. The summed E-state index contributed by atoms with van der Waals surface area (Å²) in [6, 6.07) is 22.0. The summed E-state index contributed by atoms with van der Waals surface area (Å²) in [5.41, 5.74) is 3.78. The normalized spacial score (nSPS) is 15.3. The van der Waals surface area contributed by atoms with Gasteiger partial charge in [0.2, 0.25) is 0 Å². The van der Waals surface area contributed by atoms with Crippen molar-refractivity contribution in [3.63, 3.8) is 0 Å². The fourth-order valence-corrected chi connectivity index (χ4v) is 4.93. The van der Waals surface area contributed by atoms with Crippen LogP contribution >= 0.6 is 0 Å². The Kier molecular flexibility index (Phi) is 4.48. The maximum Gasteiger partial charge on any atom is 0.336 e. The number of hydrogen-bond acceptors (Lipinski definition) is 5. The lowest BCUT2D eigenvalue weighted by molar-refractivity contribution is -0.135. The Morgan fingerprint density at radius 3 is 2.50 bits per heavy atom. The molecule has 3 aromatic carbocycles. The number of aromatic amines is 1. The quantitative estimate of drug-likeness (QED) is 0.231. The number of esters is 1. The molecule has 1 aliphatic rings. The molecule has 1 atom stereocenters. The number of fused-ring (bicyclic) bond motifs is 4. The summed E-state index contributed by atoms with van der Waals surface area (Å²) in [6.07, 6.45) is 0.0399. The van der Waals surface area contributed by atoms with Crippen molar-refractivity contribution in [3.05, 3.63) is 110 Å². The molecule has 166 valence electrons. The minimum atomic E-state index is -0.496. The first-order valence-corrected chi connectivity index (χ1v) is 11.0. The molecule has 0 bridgehead atoms. The van der Waals surface area contributed by atoms with Crippen LogP contribution < -0.4 is 15.9 Å². The van der Waals surface area contributed by atoms with E-state index in [9.17, 15) is 14.4 Å². The maximum absolute atomic E-state index is 13.1. The van der Waals surface area contributed by atoms with E-state index in [0.717, 1.165) is 27.6 Å². The van der Waals surface area contributed by atoms with Crippen molar-refractivity contribution in [3.8, 4) is 16.9 Å². The van der Waals surface area contributed by atoms with Crippen molar-refractivity contribution in [2.24, 2.45) is 0 Å². The van der Waals surface area contributed by atoms with Crippen molar-refractivity contribution in [2.75, 3.05) is 0 Å². The van der Waals surface area contributed by atoms with Gasteiger partial charge in [-0.15, -0.1) is 0 Å². The number of aromatic nitrogens is 1. The second kappa shape index (κ2) is 7.56. The molecule has 0 unspecified atom stereocenters. The highest BCUT2D eigenvalue weighted by Crippen LogP contribution is 2.46. The highest BCUT2D eigenvalue weighted by molar-refractivity contribution is 6.01. The van der Waals surface area contributed by atoms with Crippen LogP contribution in [0.2, 0.25) is 0 Å². The van der Waals surface area contributed by atoms with Gasteiger partial charge in [0.15, 0.2) is 0 Å². The van der Waals surface area contributed by atoms with Crippen LogP contribution in [0, 0.1) is 6.92 Å². The second-order valence-electron chi connectivity index (χ2n) is 8.53. The van der Waals surface area contributed by atoms with Gasteiger partial charge in [0.1, 0.15) is 11.3 Å². The van der Waals surface area contributed by atoms with Crippen molar-refractivity contribution < 1.29 is 13.9 Å². The summed E-state index contributed by atoms with van der Waals surface area (Å²) in [5.74, 6) is -0.599. The van der Waals surface area contributed by atoms with Gasteiger partial charge in [-0.05, 0) is 41.6 Å². The number of carbonyl (C=O) groups excluding carboxylic acids is 1. The van der Waals surface area contributed by atoms with E-state index < -0.39 is 17.5 Å².